The van der Waals surface area contributed by atoms with E-state index in [1.165, 1.54) is 0 Å². The van der Waals surface area contributed by atoms with Gasteiger partial charge in [0.2, 0.25) is 0 Å². The van der Waals surface area contributed by atoms with Gasteiger partial charge in [0.15, 0.2) is 0 Å². The minimum absolute atomic E-state index is 0.102. The Balaban J connectivity index is 2.97. The van der Waals surface area contributed by atoms with Crippen LogP contribution in [0.4, 0.5) is 0 Å². The van der Waals surface area contributed by atoms with Gasteiger partial charge in [-0.3, -0.25) is 4.79 Å². The Morgan fingerprint density at radius 2 is 2.20 bits per heavy atom. The molecule has 4 heteroatoms. The highest BCUT2D eigenvalue weighted by atomic mass is 79.9. The average Bonchev–Trinajstić information content (AvgIpc) is 2.20. The lowest BCUT2D eigenvalue weighted by molar-refractivity contribution is 1.01. The second kappa shape index (κ2) is 3.79. The minimum Gasteiger partial charge on any atom is -0.326 e. The van der Waals surface area contributed by atoms with E-state index in [1.54, 1.807) is 0 Å². The standard InChI is InChI=1S/C11H11BrN2O/c1-6-7-3-2-4-9(12)10(7)14-11(15)8(6)5-13/h2-4H,5,13H2,1H3,(H,14,15). The van der Waals surface area contributed by atoms with Crippen molar-refractivity contribution < 1.29 is 0 Å². The van der Waals surface area contributed by atoms with Gasteiger partial charge >= 0.3 is 0 Å². The number of nitrogens with two attached hydrogens (primary N) is 1. The molecule has 0 amide bonds. The number of para-hydroxylation sites is 1. The molecule has 1 aromatic carbocycles. The lowest BCUT2D eigenvalue weighted by Crippen LogP contribution is -2.18. The highest BCUT2D eigenvalue weighted by Crippen LogP contribution is 2.24. The van der Waals surface area contributed by atoms with E-state index in [2.05, 4.69) is 20.9 Å². The zero-order chi connectivity index (χ0) is 11.0. The van der Waals surface area contributed by atoms with Crippen molar-refractivity contribution in [2.24, 2.45) is 5.73 Å². The van der Waals surface area contributed by atoms with E-state index >= 15 is 0 Å². The van der Waals surface area contributed by atoms with Crippen LogP contribution in [0.25, 0.3) is 10.9 Å². The number of halogens is 1. The molecule has 0 atom stereocenters. The fourth-order valence-electron chi connectivity index (χ4n) is 1.73. The third-order valence-electron chi connectivity index (χ3n) is 2.59. The molecular formula is C11H11BrN2O. The quantitative estimate of drug-likeness (QED) is 0.830. The van der Waals surface area contributed by atoms with Crippen molar-refractivity contribution in [2.75, 3.05) is 0 Å². The van der Waals surface area contributed by atoms with Gasteiger partial charge in [-0.15, -0.1) is 0 Å². The molecule has 0 aliphatic rings. The number of benzene rings is 1. The Hall–Kier alpha value is -1.13. The number of aromatic nitrogens is 1. The van der Waals surface area contributed by atoms with E-state index in [-0.39, 0.29) is 12.1 Å². The second-order valence-electron chi connectivity index (χ2n) is 3.42. The van der Waals surface area contributed by atoms with Crippen molar-refractivity contribution >= 4 is 26.8 Å². The molecule has 2 rings (SSSR count). The number of aromatic amines is 1. The number of hydrogen-bond acceptors (Lipinski definition) is 2. The van der Waals surface area contributed by atoms with E-state index in [0.29, 0.717) is 5.56 Å². The summed E-state index contributed by atoms with van der Waals surface area (Å²) in [5.74, 6) is 0. The number of pyridine rings is 1. The van der Waals surface area contributed by atoms with Crippen LogP contribution in [0.3, 0.4) is 0 Å². The Kier molecular flexibility index (Phi) is 2.63. The summed E-state index contributed by atoms with van der Waals surface area (Å²) in [6.45, 7) is 2.19. The van der Waals surface area contributed by atoms with Crippen LogP contribution >= 0.6 is 15.9 Å². The maximum atomic E-state index is 11.7. The molecule has 1 aromatic heterocycles. The number of nitrogens with one attached hydrogen (secondary N) is 1. The zero-order valence-electron chi connectivity index (χ0n) is 8.30. The fraction of sp³-hybridized carbons (Fsp3) is 0.182. The fourth-order valence-corrected chi connectivity index (χ4v) is 2.20. The first-order valence-corrected chi connectivity index (χ1v) is 5.44. The van der Waals surface area contributed by atoms with Crippen molar-refractivity contribution in [3.05, 3.63) is 44.2 Å². The number of hydrogen-bond donors (Lipinski definition) is 2. The molecule has 0 radical (unpaired) electrons. The molecule has 0 aliphatic carbocycles. The largest absolute Gasteiger partial charge is 0.326 e. The number of fused-ring (bicyclic) bond motifs is 1. The summed E-state index contributed by atoms with van der Waals surface area (Å²) in [6, 6.07) is 5.82. The lowest BCUT2D eigenvalue weighted by Gasteiger charge is -2.07. The van der Waals surface area contributed by atoms with Crippen LogP contribution in [0.5, 0.6) is 0 Å². The first kappa shape index (κ1) is 10.4. The maximum absolute atomic E-state index is 11.7. The third-order valence-corrected chi connectivity index (χ3v) is 3.25. The lowest BCUT2D eigenvalue weighted by atomic mass is 10.1. The van der Waals surface area contributed by atoms with Crippen molar-refractivity contribution in [3.63, 3.8) is 0 Å². The van der Waals surface area contributed by atoms with Gasteiger partial charge < -0.3 is 10.7 Å². The number of aryl methyl sites for hydroxylation is 1. The van der Waals surface area contributed by atoms with Gasteiger partial charge in [-0.2, -0.15) is 0 Å². The number of rotatable bonds is 1. The van der Waals surface area contributed by atoms with Gasteiger partial charge in [-0.05, 0) is 34.5 Å². The van der Waals surface area contributed by atoms with Gasteiger partial charge in [0.05, 0.1) is 5.52 Å². The molecule has 0 fully saturated rings. The predicted molar refractivity (Wildman–Crippen MR) is 64.9 cm³/mol. The van der Waals surface area contributed by atoms with Gasteiger partial charge in [0.25, 0.3) is 5.56 Å². The van der Waals surface area contributed by atoms with Crippen molar-refractivity contribution in [1.29, 1.82) is 0 Å². The molecule has 0 unspecified atom stereocenters. The van der Waals surface area contributed by atoms with Crippen molar-refractivity contribution in [2.45, 2.75) is 13.5 Å². The molecule has 3 N–H and O–H groups in total. The Bertz CT molecular complexity index is 575. The Morgan fingerprint density at radius 1 is 1.47 bits per heavy atom. The highest BCUT2D eigenvalue weighted by Gasteiger charge is 2.08. The van der Waals surface area contributed by atoms with Crippen LogP contribution in [0, 0.1) is 6.92 Å². The zero-order valence-corrected chi connectivity index (χ0v) is 9.89. The molecule has 78 valence electrons. The number of H-pyrrole nitrogens is 1. The molecule has 0 bridgehead atoms. The van der Waals surface area contributed by atoms with Crippen LogP contribution in [0.2, 0.25) is 0 Å². The molecule has 2 aromatic rings. The van der Waals surface area contributed by atoms with Gasteiger partial charge in [-0.1, -0.05) is 12.1 Å². The first-order valence-electron chi connectivity index (χ1n) is 4.65. The van der Waals surface area contributed by atoms with Crippen LogP contribution in [-0.2, 0) is 6.54 Å². The van der Waals surface area contributed by atoms with E-state index in [1.807, 2.05) is 25.1 Å². The molecule has 0 spiro atoms. The van der Waals surface area contributed by atoms with Gasteiger partial charge in [0, 0.05) is 22.0 Å². The molecule has 0 saturated heterocycles. The summed E-state index contributed by atoms with van der Waals surface area (Å²) < 4.78 is 0.892. The predicted octanol–water partition coefficient (Wildman–Crippen LogP) is 2.06. The summed E-state index contributed by atoms with van der Waals surface area (Å²) in [7, 11) is 0. The normalized spacial score (nSPS) is 10.9. The monoisotopic (exact) mass is 266 g/mol. The van der Waals surface area contributed by atoms with Crippen molar-refractivity contribution in [1.82, 2.24) is 4.98 Å². The maximum Gasteiger partial charge on any atom is 0.253 e. The smallest absolute Gasteiger partial charge is 0.253 e. The third kappa shape index (κ3) is 1.60. The second-order valence-corrected chi connectivity index (χ2v) is 4.28. The Morgan fingerprint density at radius 3 is 2.87 bits per heavy atom. The molecule has 1 heterocycles. The van der Waals surface area contributed by atoms with Crippen LogP contribution in [0.15, 0.2) is 27.5 Å². The van der Waals surface area contributed by atoms with Crippen molar-refractivity contribution in [3.8, 4) is 0 Å². The summed E-state index contributed by atoms with van der Waals surface area (Å²) in [5.41, 5.74) is 7.89. The SMILES string of the molecule is Cc1c(CN)c(=O)[nH]c2c(Br)cccc12. The van der Waals surface area contributed by atoms with Gasteiger partial charge in [0.1, 0.15) is 0 Å². The topological polar surface area (TPSA) is 58.9 Å². The summed E-state index contributed by atoms with van der Waals surface area (Å²) in [6.07, 6.45) is 0. The minimum atomic E-state index is -0.102. The van der Waals surface area contributed by atoms with Crippen LogP contribution < -0.4 is 11.3 Å². The highest BCUT2D eigenvalue weighted by molar-refractivity contribution is 9.10. The summed E-state index contributed by atoms with van der Waals surface area (Å²) >= 11 is 3.41. The van der Waals surface area contributed by atoms with E-state index in [9.17, 15) is 4.79 Å². The van der Waals surface area contributed by atoms with Gasteiger partial charge in [-0.25, -0.2) is 0 Å². The van der Waals surface area contributed by atoms with E-state index in [0.717, 1.165) is 20.9 Å². The summed E-state index contributed by atoms with van der Waals surface area (Å²) in [5, 5.41) is 1.03. The molecule has 0 aliphatic heterocycles. The summed E-state index contributed by atoms with van der Waals surface area (Å²) in [4.78, 5) is 14.5. The van der Waals surface area contributed by atoms with Crippen LogP contribution in [0.1, 0.15) is 11.1 Å². The van der Waals surface area contributed by atoms with E-state index in [4.69, 9.17) is 5.73 Å². The molecule has 0 saturated carbocycles. The van der Waals surface area contributed by atoms with Crippen LogP contribution in [-0.4, -0.2) is 4.98 Å². The average molecular weight is 267 g/mol. The Labute approximate surface area is 95.4 Å². The molecule has 3 nitrogen and oxygen atoms in total. The van der Waals surface area contributed by atoms with E-state index < -0.39 is 0 Å². The molecular weight excluding hydrogens is 256 g/mol. The first-order chi connectivity index (χ1) is 7.15. The molecule has 15 heavy (non-hydrogen) atoms.